The third kappa shape index (κ3) is 5.29. The molecule has 0 aliphatic heterocycles. The molecule has 2 aromatic carbocycles. The van der Waals surface area contributed by atoms with Crippen LogP contribution in [0.4, 0.5) is 0 Å². The van der Waals surface area contributed by atoms with Gasteiger partial charge >= 0.3 is 0 Å². The average Bonchev–Trinajstić information content (AvgIpc) is 3.26. The smallest absolute Gasteiger partial charge is 0.233 e. The molecule has 1 unspecified atom stereocenters. The fraction of sp³-hybridized carbons (Fsp3) is 0.333. The van der Waals surface area contributed by atoms with Crippen molar-refractivity contribution < 1.29 is 14.3 Å². The summed E-state index contributed by atoms with van der Waals surface area (Å²) in [7, 11) is 3.21. The van der Waals surface area contributed by atoms with E-state index >= 15 is 0 Å². The maximum absolute atomic E-state index is 12.7. The summed E-state index contributed by atoms with van der Waals surface area (Å²) >= 11 is 1.36. The second-order valence-electron chi connectivity index (χ2n) is 6.45. The summed E-state index contributed by atoms with van der Waals surface area (Å²) in [6.45, 7) is 2.50. The summed E-state index contributed by atoms with van der Waals surface area (Å²) in [5.74, 6) is 1.32. The van der Waals surface area contributed by atoms with Crippen LogP contribution in [0.5, 0.6) is 11.5 Å². The standard InChI is InChI=1S/C21H25N5O3S/c1-4-19(30-21-23-24-25-26(21)16-8-6-5-7-9-16)20(27)22-13-12-15-10-11-17(28-2)18(14-15)29-3/h5-11,14,19H,4,12-13H2,1-3H3,(H,22,27). The largest absolute Gasteiger partial charge is 0.493 e. The van der Waals surface area contributed by atoms with Gasteiger partial charge in [0, 0.05) is 6.54 Å². The molecule has 0 saturated heterocycles. The van der Waals surface area contributed by atoms with Crippen LogP contribution in [0.15, 0.2) is 53.7 Å². The number of rotatable bonds is 10. The minimum absolute atomic E-state index is 0.0365. The molecule has 1 amide bonds. The van der Waals surface area contributed by atoms with Crippen LogP contribution in [-0.4, -0.2) is 52.1 Å². The minimum atomic E-state index is -0.288. The van der Waals surface area contributed by atoms with Gasteiger partial charge in [0.25, 0.3) is 0 Å². The number of benzene rings is 2. The number of methoxy groups -OCH3 is 2. The highest BCUT2D eigenvalue weighted by molar-refractivity contribution is 8.00. The number of hydrogen-bond donors (Lipinski definition) is 1. The number of thioether (sulfide) groups is 1. The van der Waals surface area contributed by atoms with Crippen LogP contribution in [0.25, 0.3) is 5.69 Å². The Morgan fingerprint density at radius 3 is 2.60 bits per heavy atom. The third-order valence-electron chi connectivity index (χ3n) is 4.51. The molecule has 3 rings (SSSR count). The number of carbonyl (C=O) groups is 1. The number of tetrazole rings is 1. The zero-order valence-electron chi connectivity index (χ0n) is 17.2. The van der Waals surface area contributed by atoms with Gasteiger partial charge in [0.2, 0.25) is 11.1 Å². The summed E-state index contributed by atoms with van der Waals surface area (Å²) in [6.07, 6.45) is 1.35. The second-order valence-corrected chi connectivity index (χ2v) is 7.62. The highest BCUT2D eigenvalue weighted by atomic mass is 32.2. The fourth-order valence-corrected chi connectivity index (χ4v) is 3.85. The predicted molar refractivity (Wildman–Crippen MR) is 115 cm³/mol. The zero-order chi connectivity index (χ0) is 21.3. The van der Waals surface area contributed by atoms with Crippen molar-refractivity contribution in [3.05, 3.63) is 54.1 Å². The molecule has 0 saturated carbocycles. The average molecular weight is 428 g/mol. The Bertz CT molecular complexity index is 964. The molecule has 8 nitrogen and oxygen atoms in total. The maximum atomic E-state index is 12.7. The lowest BCUT2D eigenvalue weighted by Gasteiger charge is -2.14. The topological polar surface area (TPSA) is 91.2 Å². The van der Waals surface area contributed by atoms with Crippen LogP contribution < -0.4 is 14.8 Å². The molecular weight excluding hydrogens is 402 g/mol. The van der Waals surface area contributed by atoms with Gasteiger partial charge in [-0.05, 0) is 53.1 Å². The lowest BCUT2D eigenvalue weighted by molar-refractivity contribution is -0.120. The first-order valence-electron chi connectivity index (χ1n) is 9.65. The zero-order valence-corrected chi connectivity index (χ0v) is 18.1. The number of aromatic nitrogens is 4. The number of amides is 1. The summed E-state index contributed by atoms with van der Waals surface area (Å²) < 4.78 is 12.2. The van der Waals surface area contributed by atoms with Crippen molar-refractivity contribution in [1.29, 1.82) is 0 Å². The van der Waals surface area contributed by atoms with Gasteiger partial charge < -0.3 is 14.8 Å². The normalized spacial score (nSPS) is 11.7. The molecule has 3 aromatic rings. The van der Waals surface area contributed by atoms with E-state index in [9.17, 15) is 4.79 Å². The SMILES string of the molecule is CCC(Sc1nnnn1-c1ccccc1)C(=O)NCCc1ccc(OC)c(OC)c1. The van der Waals surface area contributed by atoms with Gasteiger partial charge in [0.15, 0.2) is 11.5 Å². The van der Waals surface area contributed by atoms with Crippen molar-refractivity contribution in [3.63, 3.8) is 0 Å². The van der Waals surface area contributed by atoms with Crippen LogP contribution in [-0.2, 0) is 11.2 Å². The van der Waals surface area contributed by atoms with Gasteiger partial charge in [-0.25, -0.2) is 0 Å². The number of nitrogens with zero attached hydrogens (tertiary/aromatic N) is 4. The van der Waals surface area contributed by atoms with Gasteiger partial charge in [-0.1, -0.05) is 43.0 Å². The van der Waals surface area contributed by atoms with Crippen molar-refractivity contribution in [2.24, 2.45) is 0 Å². The first-order chi connectivity index (χ1) is 14.7. The van der Waals surface area contributed by atoms with E-state index in [0.717, 1.165) is 11.3 Å². The van der Waals surface area contributed by atoms with Crippen LogP contribution in [0.3, 0.4) is 0 Å². The van der Waals surface area contributed by atoms with Gasteiger partial charge in [-0.2, -0.15) is 4.68 Å². The number of para-hydroxylation sites is 1. The summed E-state index contributed by atoms with van der Waals surface area (Å²) in [5.41, 5.74) is 1.91. The van der Waals surface area contributed by atoms with Gasteiger partial charge in [-0.15, -0.1) is 5.10 Å². The third-order valence-corrected chi connectivity index (χ3v) is 5.81. The quantitative estimate of drug-likeness (QED) is 0.498. The van der Waals surface area contributed by atoms with E-state index in [0.29, 0.717) is 36.0 Å². The van der Waals surface area contributed by atoms with E-state index in [-0.39, 0.29) is 11.2 Å². The first-order valence-corrected chi connectivity index (χ1v) is 10.5. The summed E-state index contributed by atoms with van der Waals surface area (Å²) in [5, 5.41) is 15.2. The van der Waals surface area contributed by atoms with Crippen molar-refractivity contribution >= 4 is 17.7 Å². The molecule has 0 spiro atoms. The van der Waals surface area contributed by atoms with Crippen LogP contribution in [0.2, 0.25) is 0 Å². The van der Waals surface area contributed by atoms with Crippen molar-refractivity contribution in [2.45, 2.75) is 30.2 Å². The molecule has 0 aliphatic carbocycles. The number of nitrogens with one attached hydrogen (secondary N) is 1. The Morgan fingerprint density at radius 1 is 1.13 bits per heavy atom. The van der Waals surface area contributed by atoms with E-state index in [4.69, 9.17) is 9.47 Å². The van der Waals surface area contributed by atoms with Crippen LogP contribution in [0.1, 0.15) is 18.9 Å². The van der Waals surface area contributed by atoms with E-state index < -0.39 is 0 Å². The Labute approximate surface area is 180 Å². The molecule has 0 fully saturated rings. The molecule has 0 bridgehead atoms. The van der Waals surface area contributed by atoms with E-state index in [1.807, 2.05) is 55.5 Å². The van der Waals surface area contributed by atoms with E-state index in [1.165, 1.54) is 11.8 Å². The summed E-state index contributed by atoms with van der Waals surface area (Å²) in [6, 6.07) is 15.4. The molecular formula is C21H25N5O3S. The molecule has 0 aliphatic rings. The van der Waals surface area contributed by atoms with Crippen molar-refractivity contribution in [1.82, 2.24) is 25.5 Å². The predicted octanol–water partition coefficient (Wildman–Crippen LogP) is 2.91. The van der Waals surface area contributed by atoms with Crippen molar-refractivity contribution in [3.8, 4) is 17.2 Å². The Kier molecular flexibility index (Phi) is 7.67. The molecule has 1 atom stereocenters. The maximum Gasteiger partial charge on any atom is 0.233 e. The lowest BCUT2D eigenvalue weighted by atomic mass is 10.1. The second kappa shape index (κ2) is 10.6. The molecule has 0 radical (unpaired) electrons. The molecule has 1 N–H and O–H groups in total. The Hall–Kier alpha value is -3.07. The fourth-order valence-electron chi connectivity index (χ4n) is 2.91. The van der Waals surface area contributed by atoms with Gasteiger partial charge in [0.1, 0.15) is 0 Å². The molecule has 158 valence electrons. The van der Waals surface area contributed by atoms with Gasteiger partial charge in [-0.3, -0.25) is 4.79 Å². The van der Waals surface area contributed by atoms with E-state index in [2.05, 4.69) is 20.8 Å². The minimum Gasteiger partial charge on any atom is -0.493 e. The summed E-state index contributed by atoms with van der Waals surface area (Å²) in [4.78, 5) is 12.7. The number of ether oxygens (including phenoxy) is 2. The van der Waals surface area contributed by atoms with E-state index in [1.54, 1.807) is 18.9 Å². The molecule has 1 heterocycles. The Morgan fingerprint density at radius 2 is 1.90 bits per heavy atom. The van der Waals surface area contributed by atoms with Gasteiger partial charge in [0.05, 0.1) is 25.2 Å². The highest BCUT2D eigenvalue weighted by Gasteiger charge is 2.21. The number of carbonyl (C=O) groups excluding carboxylic acids is 1. The van der Waals surface area contributed by atoms with Crippen molar-refractivity contribution in [2.75, 3.05) is 20.8 Å². The molecule has 1 aromatic heterocycles. The molecule has 30 heavy (non-hydrogen) atoms. The highest BCUT2D eigenvalue weighted by Crippen LogP contribution is 2.28. The first kappa shape index (κ1) is 21.6. The Balaban J connectivity index is 1.58. The lowest BCUT2D eigenvalue weighted by Crippen LogP contribution is -2.34. The van der Waals surface area contributed by atoms with Crippen LogP contribution >= 0.6 is 11.8 Å². The molecule has 9 heteroatoms. The monoisotopic (exact) mass is 427 g/mol. The van der Waals surface area contributed by atoms with Crippen LogP contribution in [0, 0.1) is 0 Å². The number of hydrogen-bond acceptors (Lipinski definition) is 7.